The second kappa shape index (κ2) is 2.44. The van der Waals surface area contributed by atoms with Crippen molar-refractivity contribution in [2.45, 2.75) is 13.3 Å². The highest BCUT2D eigenvalue weighted by molar-refractivity contribution is 6.06. The largest absolute Gasteiger partial charge is 0.296 e. The Balaban J connectivity index is 2.29. The topological polar surface area (TPSA) is 46.2 Å². The molecular formula is C9H11NO2. The molecule has 0 bridgehead atoms. The second-order valence-electron chi connectivity index (χ2n) is 3.58. The predicted octanol–water partition coefficient (Wildman–Crippen LogP) is 0.471. The van der Waals surface area contributed by atoms with Gasteiger partial charge < -0.3 is 0 Å². The summed E-state index contributed by atoms with van der Waals surface area (Å²) < 4.78 is 0. The van der Waals surface area contributed by atoms with Gasteiger partial charge in [0.15, 0.2) is 0 Å². The first kappa shape index (κ1) is 7.53. The van der Waals surface area contributed by atoms with Crippen LogP contribution in [0.25, 0.3) is 0 Å². The quantitative estimate of drug-likeness (QED) is 0.419. The normalized spacial score (nSPS) is 39.6. The average molecular weight is 165 g/mol. The van der Waals surface area contributed by atoms with Crippen LogP contribution in [0, 0.1) is 17.8 Å². The van der Waals surface area contributed by atoms with Gasteiger partial charge in [-0.15, -0.1) is 0 Å². The van der Waals surface area contributed by atoms with Gasteiger partial charge in [-0.25, -0.2) is 0 Å². The Morgan fingerprint density at radius 3 is 2.83 bits per heavy atom. The van der Waals surface area contributed by atoms with Crippen molar-refractivity contribution in [3.05, 3.63) is 12.2 Å². The summed E-state index contributed by atoms with van der Waals surface area (Å²) in [5.41, 5.74) is 0. The molecule has 0 aromatic heterocycles. The molecule has 1 aliphatic heterocycles. The molecule has 1 fully saturated rings. The van der Waals surface area contributed by atoms with Crippen molar-refractivity contribution >= 4 is 11.8 Å². The summed E-state index contributed by atoms with van der Waals surface area (Å²) in [4.78, 5) is 22.3. The lowest BCUT2D eigenvalue weighted by atomic mass is 9.81. The van der Waals surface area contributed by atoms with Gasteiger partial charge in [-0.2, -0.15) is 0 Å². The minimum Gasteiger partial charge on any atom is -0.296 e. The molecule has 1 N–H and O–H groups in total. The molecule has 1 aliphatic carbocycles. The van der Waals surface area contributed by atoms with E-state index in [2.05, 4.69) is 12.2 Å². The van der Waals surface area contributed by atoms with Gasteiger partial charge in [0.2, 0.25) is 11.8 Å². The molecule has 3 heteroatoms. The maximum absolute atomic E-state index is 11.2. The summed E-state index contributed by atoms with van der Waals surface area (Å²) in [6, 6.07) is 0. The minimum atomic E-state index is -0.186. The van der Waals surface area contributed by atoms with Gasteiger partial charge >= 0.3 is 0 Å². The maximum Gasteiger partial charge on any atom is 0.234 e. The van der Waals surface area contributed by atoms with E-state index < -0.39 is 0 Å². The van der Waals surface area contributed by atoms with Gasteiger partial charge in [0.05, 0.1) is 11.8 Å². The zero-order valence-electron chi connectivity index (χ0n) is 6.91. The van der Waals surface area contributed by atoms with Crippen LogP contribution in [0.3, 0.4) is 0 Å². The third-order valence-electron chi connectivity index (χ3n) is 2.59. The van der Waals surface area contributed by atoms with E-state index in [1.54, 1.807) is 0 Å². The fraction of sp³-hybridized carbons (Fsp3) is 0.556. The molecule has 0 saturated carbocycles. The smallest absolute Gasteiger partial charge is 0.234 e. The molecule has 12 heavy (non-hydrogen) atoms. The molecule has 3 atom stereocenters. The Kier molecular flexibility index (Phi) is 1.53. The number of carbonyl (C=O) groups is 2. The first-order chi connectivity index (χ1) is 5.68. The van der Waals surface area contributed by atoms with Crippen LogP contribution in [-0.2, 0) is 9.59 Å². The number of carbonyl (C=O) groups excluding carboxylic acids is 2. The Morgan fingerprint density at radius 2 is 2.08 bits per heavy atom. The first-order valence-electron chi connectivity index (χ1n) is 4.21. The second-order valence-corrected chi connectivity index (χ2v) is 3.58. The van der Waals surface area contributed by atoms with Crippen molar-refractivity contribution in [3.63, 3.8) is 0 Å². The average Bonchev–Trinajstić information content (AvgIpc) is 2.28. The van der Waals surface area contributed by atoms with Crippen molar-refractivity contribution in [2.24, 2.45) is 17.8 Å². The molecule has 2 rings (SSSR count). The number of hydrogen-bond donors (Lipinski definition) is 1. The van der Waals surface area contributed by atoms with E-state index in [1.807, 2.05) is 12.2 Å². The fourth-order valence-electron chi connectivity index (χ4n) is 1.91. The molecule has 3 nitrogen and oxygen atoms in total. The number of hydrogen-bond acceptors (Lipinski definition) is 2. The van der Waals surface area contributed by atoms with Gasteiger partial charge in [0.1, 0.15) is 0 Å². The highest BCUT2D eigenvalue weighted by atomic mass is 16.2. The van der Waals surface area contributed by atoms with Crippen LogP contribution in [0.4, 0.5) is 0 Å². The van der Waals surface area contributed by atoms with E-state index in [4.69, 9.17) is 0 Å². The Hall–Kier alpha value is -1.12. The number of nitrogens with one attached hydrogen (secondary N) is 1. The van der Waals surface area contributed by atoms with Crippen LogP contribution in [0.5, 0.6) is 0 Å². The van der Waals surface area contributed by atoms with Gasteiger partial charge in [0.25, 0.3) is 0 Å². The van der Waals surface area contributed by atoms with Crippen LogP contribution in [-0.4, -0.2) is 11.8 Å². The van der Waals surface area contributed by atoms with Gasteiger partial charge in [-0.05, 0) is 12.3 Å². The van der Waals surface area contributed by atoms with Crippen molar-refractivity contribution in [1.82, 2.24) is 5.32 Å². The summed E-state index contributed by atoms with van der Waals surface area (Å²) in [6.45, 7) is 2.06. The molecule has 0 radical (unpaired) electrons. The third kappa shape index (κ3) is 0.967. The van der Waals surface area contributed by atoms with E-state index in [0.29, 0.717) is 5.92 Å². The van der Waals surface area contributed by atoms with E-state index >= 15 is 0 Å². The van der Waals surface area contributed by atoms with Crippen LogP contribution >= 0.6 is 0 Å². The summed E-state index contributed by atoms with van der Waals surface area (Å²) in [7, 11) is 0. The minimum absolute atomic E-state index is 0.0961. The monoisotopic (exact) mass is 165 g/mol. The lowest BCUT2D eigenvalue weighted by molar-refractivity contribution is -0.126. The van der Waals surface area contributed by atoms with E-state index in [9.17, 15) is 9.59 Å². The molecular weight excluding hydrogens is 154 g/mol. The SMILES string of the molecule is CC1C=CC2C(=O)NC(=O)C2C1. The lowest BCUT2D eigenvalue weighted by Gasteiger charge is -2.19. The zero-order valence-corrected chi connectivity index (χ0v) is 6.91. The fourth-order valence-corrected chi connectivity index (χ4v) is 1.91. The zero-order chi connectivity index (χ0) is 8.72. The van der Waals surface area contributed by atoms with Gasteiger partial charge in [-0.1, -0.05) is 19.1 Å². The molecule has 1 heterocycles. The summed E-state index contributed by atoms with van der Waals surface area (Å²) >= 11 is 0. The highest BCUT2D eigenvalue weighted by Gasteiger charge is 2.41. The number of imide groups is 1. The molecule has 0 aromatic carbocycles. The maximum atomic E-state index is 11.2. The Bertz CT molecular complexity index is 270. The molecule has 1 saturated heterocycles. The van der Waals surface area contributed by atoms with Crippen molar-refractivity contribution in [1.29, 1.82) is 0 Å². The molecule has 3 unspecified atom stereocenters. The number of fused-ring (bicyclic) bond motifs is 1. The lowest BCUT2D eigenvalue weighted by Crippen LogP contribution is -2.22. The summed E-state index contributed by atoms with van der Waals surface area (Å²) in [5.74, 6) is -0.0940. The van der Waals surface area contributed by atoms with Gasteiger partial charge in [-0.3, -0.25) is 14.9 Å². The van der Waals surface area contributed by atoms with Crippen LogP contribution < -0.4 is 5.32 Å². The first-order valence-corrected chi connectivity index (χ1v) is 4.21. The van der Waals surface area contributed by atoms with Crippen LogP contribution in [0.2, 0.25) is 0 Å². The standard InChI is InChI=1S/C9H11NO2/c1-5-2-3-6-7(4-5)9(12)10-8(6)11/h2-3,5-7H,4H2,1H3,(H,10,11,12). The summed E-state index contributed by atoms with van der Waals surface area (Å²) in [6.07, 6.45) is 4.68. The highest BCUT2D eigenvalue weighted by Crippen LogP contribution is 2.31. The third-order valence-corrected chi connectivity index (χ3v) is 2.59. The van der Waals surface area contributed by atoms with Crippen LogP contribution in [0.1, 0.15) is 13.3 Å². The van der Waals surface area contributed by atoms with E-state index in [1.165, 1.54) is 0 Å². The molecule has 0 aromatic rings. The molecule has 64 valence electrons. The Labute approximate surface area is 70.8 Å². The van der Waals surface area contributed by atoms with Crippen LogP contribution in [0.15, 0.2) is 12.2 Å². The molecule has 2 amide bonds. The molecule has 2 aliphatic rings. The number of amides is 2. The summed E-state index contributed by atoms with van der Waals surface area (Å²) in [5, 5.41) is 2.35. The van der Waals surface area contributed by atoms with Crippen molar-refractivity contribution < 1.29 is 9.59 Å². The Morgan fingerprint density at radius 1 is 1.33 bits per heavy atom. The van der Waals surface area contributed by atoms with Crippen molar-refractivity contribution in [2.75, 3.05) is 0 Å². The predicted molar refractivity (Wildman–Crippen MR) is 43.1 cm³/mol. The molecule has 0 spiro atoms. The van der Waals surface area contributed by atoms with Gasteiger partial charge in [0, 0.05) is 0 Å². The number of allylic oxidation sites excluding steroid dienone is 1. The van der Waals surface area contributed by atoms with Crippen molar-refractivity contribution in [3.8, 4) is 0 Å². The number of rotatable bonds is 0. The van der Waals surface area contributed by atoms with E-state index in [-0.39, 0.29) is 23.7 Å². The van der Waals surface area contributed by atoms with E-state index in [0.717, 1.165) is 6.42 Å².